The Morgan fingerprint density at radius 2 is 1.71 bits per heavy atom. The molecule has 0 radical (unpaired) electrons. The standard InChI is InChI=1S/C14H21N3/c1-16-9-4-14(12-16)5-10-17(11-6-14)13-2-7-15-8-3-13/h2-3,7-8H,4-6,9-12H2,1H3. The predicted octanol–water partition coefficient (Wildman–Crippen LogP) is 2.00. The van der Waals surface area contributed by atoms with Crippen molar-refractivity contribution in [3.63, 3.8) is 0 Å². The van der Waals surface area contributed by atoms with E-state index >= 15 is 0 Å². The molecule has 1 aromatic heterocycles. The van der Waals surface area contributed by atoms with Gasteiger partial charge in [-0.15, -0.1) is 0 Å². The first-order valence-corrected chi connectivity index (χ1v) is 6.61. The number of likely N-dealkylation sites (tertiary alicyclic amines) is 1. The summed E-state index contributed by atoms with van der Waals surface area (Å²) < 4.78 is 0. The van der Waals surface area contributed by atoms with E-state index in [2.05, 4.69) is 34.0 Å². The number of aromatic nitrogens is 1. The van der Waals surface area contributed by atoms with Crippen molar-refractivity contribution < 1.29 is 0 Å². The molecule has 0 unspecified atom stereocenters. The maximum absolute atomic E-state index is 4.09. The molecule has 2 saturated heterocycles. The monoisotopic (exact) mass is 231 g/mol. The Kier molecular flexibility index (Phi) is 2.79. The Morgan fingerprint density at radius 1 is 1.06 bits per heavy atom. The van der Waals surface area contributed by atoms with Gasteiger partial charge < -0.3 is 9.80 Å². The highest BCUT2D eigenvalue weighted by Crippen LogP contribution is 2.40. The third-order valence-electron chi connectivity index (χ3n) is 4.48. The molecule has 2 aliphatic heterocycles. The van der Waals surface area contributed by atoms with Crippen LogP contribution >= 0.6 is 0 Å². The molecule has 3 rings (SSSR count). The summed E-state index contributed by atoms with van der Waals surface area (Å²) in [4.78, 5) is 9.08. The molecule has 0 atom stereocenters. The molecule has 1 spiro atoms. The largest absolute Gasteiger partial charge is 0.371 e. The molecule has 0 N–H and O–H groups in total. The topological polar surface area (TPSA) is 19.4 Å². The number of nitrogens with zero attached hydrogens (tertiary/aromatic N) is 3. The molecule has 17 heavy (non-hydrogen) atoms. The maximum Gasteiger partial charge on any atom is 0.0397 e. The van der Waals surface area contributed by atoms with E-state index < -0.39 is 0 Å². The minimum Gasteiger partial charge on any atom is -0.371 e. The Bertz CT molecular complexity index is 368. The fourth-order valence-corrected chi connectivity index (χ4v) is 3.36. The molecule has 0 saturated carbocycles. The van der Waals surface area contributed by atoms with Crippen molar-refractivity contribution in [1.29, 1.82) is 0 Å². The van der Waals surface area contributed by atoms with Crippen molar-refractivity contribution in [2.45, 2.75) is 19.3 Å². The van der Waals surface area contributed by atoms with E-state index in [1.807, 2.05) is 12.4 Å². The van der Waals surface area contributed by atoms with E-state index in [0.29, 0.717) is 5.41 Å². The van der Waals surface area contributed by atoms with Gasteiger partial charge in [-0.3, -0.25) is 4.98 Å². The number of pyridine rings is 1. The number of hydrogen-bond donors (Lipinski definition) is 0. The smallest absolute Gasteiger partial charge is 0.0397 e. The molecule has 3 heterocycles. The highest BCUT2D eigenvalue weighted by atomic mass is 15.2. The van der Waals surface area contributed by atoms with E-state index in [4.69, 9.17) is 0 Å². The summed E-state index contributed by atoms with van der Waals surface area (Å²) >= 11 is 0. The average molecular weight is 231 g/mol. The normalized spacial score (nSPS) is 24.4. The second kappa shape index (κ2) is 4.30. The van der Waals surface area contributed by atoms with Gasteiger partial charge in [-0.25, -0.2) is 0 Å². The van der Waals surface area contributed by atoms with Crippen LogP contribution in [0.4, 0.5) is 5.69 Å². The summed E-state index contributed by atoms with van der Waals surface area (Å²) in [5, 5.41) is 0. The van der Waals surface area contributed by atoms with Crippen molar-refractivity contribution in [3.8, 4) is 0 Å². The van der Waals surface area contributed by atoms with Crippen LogP contribution in [0.15, 0.2) is 24.5 Å². The van der Waals surface area contributed by atoms with Crippen molar-refractivity contribution in [3.05, 3.63) is 24.5 Å². The molecule has 3 heteroatoms. The summed E-state index contributed by atoms with van der Waals surface area (Å²) in [6, 6.07) is 4.25. The van der Waals surface area contributed by atoms with Crippen LogP contribution in [0.3, 0.4) is 0 Å². The van der Waals surface area contributed by atoms with Crippen molar-refractivity contribution in [2.75, 3.05) is 38.1 Å². The minimum absolute atomic E-state index is 0.623. The van der Waals surface area contributed by atoms with Gasteiger partial charge in [-0.1, -0.05) is 0 Å². The summed E-state index contributed by atoms with van der Waals surface area (Å²) in [5.41, 5.74) is 1.96. The Balaban J connectivity index is 1.65. The summed E-state index contributed by atoms with van der Waals surface area (Å²) in [6.07, 6.45) is 7.87. The van der Waals surface area contributed by atoms with E-state index in [-0.39, 0.29) is 0 Å². The molecule has 2 fully saturated rings. The van der Waals surface area contributed by atoms with Crippen LogP contribution in [-0.2, 0) is 0 Å². The van der Waals surface area contributed by atoms with Gasteiger partial charge >= 0.3 is 0 Å². The second-order valence-electron chi connectivity index (χ2n) is 5.68. The number of hydrogen-bond acceptors (Lipinski definition) is 3. The van der Waals surface area contributed by atoms with Gasteiger partial charge in [-0.05, 0) is 50.4 Å². The van der Waals surface area contributed by atoms with E-state index in [0.717, 1.165) is 0 Å². The molecule has 2 aliphatic rings. The van der Waals surface area contributed by atoms with Crippen molar-refractivity contribution >= 4 is 5.69 Å². The highest BCUT2D eigenvalue weighted by Gasteiger charge is 2.39. The lowest BCUT2D eigenvalue weighted by molar-refractivity contribution is 0.222. The lowest BCUT2D eigenvalue weighted by atomic mass is 9.77. The van der Waals surface area contributed by atoms with Crippen LogP contribution in [0.2, 0.25) is 0 Å². The summed E-state index contributed by atoms with van der Waals surface area (Å²) in [7, 11) is 2.25. The van der Waals surface area contributed by atoms with Crippen LogP contribution < -0.4 is 4.90 Å². The zero-order valence-electron chi connectivity index (χ0n) is 10.6. The maximum atomic E-state index is 4.09. The molecule has 0 aliphatic carbocycles. The highest BCUT2D eigenvalue weighted by molar-refractivity contribution is 5.45. The third-order valence-corrected chi connectivity index (χ3v) is 4.48. The molecule has 0 amide bonds. The zero-order valence-corrected chi connectivity index (χ0v) is 10.6. The number of anilines is 1. The number of rotatable bonds is 1. The Hall–Kier alpha value is -1.09. The fraction of sp³-hybridized carbons (Fsp3) is 0.643. The zero-order chi connectivity index (χ0) is 11.7. The summed E-state index contributed by atoms with van der Waals surface area (Å²) in [6.45, 7) is 5.00. The van der Waals surface area contributed by atoms with Gasteiger partial charge in [0, 0.05) is 37.7 Å². The first-order chi connectivity index (χ1) is 8.27. The molecule has 0 aromatic carbocycles. The quantitative estimate of drug-likeness (QED) is 0.737. The third kappa shape index (κ3) is 2.16. The van der Waals surface area contributed by atoms with Crippen LogP contribution in [0.5, 0.6) is 0 Å². The van der Waals surface area contributed by atoms with Gasteiger partial charge in [0.05, 0.1) is 0 Å². The number of piperidine rings is 1. The van der Waals surface area contributed by atoms with Crippen LogP contribution in [0, 0.1) is 5.41 Å². The van der Waals surface area contributed by atoms with Gasteiger partial charge in [0.2, 0.25) is 0 Å². The minimum atomic E-state index is 0.623. The molecule has 92 valence electrons. The second-order valence-corrected chi connectivity index (χ2v) is 5.68. The van der Waals surface area contributed by atoms with Crippen LogP contribution in [0.25, 0.3) is 0 Å². The van der Waals surface area contributed by atoms with Gasteiger partial charge in [-0.2, -0.15) is 0 Å². The van der Waals surface area contributed by atoms with E-state index in [1.54, 1.807) is 0 Å². The molecule has 1 aromatic rings. The van der Waals surface area contributed by atoms with Crippen LogP contribution in [-0.4, -0.2) is 43.1 Å². The SMILES string of the molecule is CN1CCC2(CCN(c3ccncc3)CC2)C1. The van der Waals surface area contributed by atoms with Crippen molar-refractivity contribution in [2.24, 2.45) is 5.41 Å². The van der Waals surface area contributed by atoms with Crippen molar-refractivity contribution in [1.82, 2.24) is 9.88 Å². The van der Waals surface area contributed by atoms with Gasteiger partial charge in [0.25, 0.3) is 0 Å². The lowest BCUT2D eigenvalue weighted by Crippen LogP contribution is -2.41. The predicted molar refractivity (Wildman–Crippen MR) is 70.2 cm³/mol. The lowest BCUT2D eigenvalue weighted by Gasteiger charge is -2.40. The first-order valence-electron chi connectivity index (χ1n) is 6.61. The van der Waals surface area contributed by atoms with Gasteiger partial charge in [0.15, 0.2) is 0 Å². The van der Waals surface area contributed by atoms with Crippen LogP contribution in [0.1, 0.15) is 19.3 Å². The van der Waals surface area contributed by atoms with Gasteiger partial charge in [0.1, 0.15) is 0 Å². The average Bonchev–Trinajstić information content (AvgIpc) is 2.73. The molecule has 0 bridgehead atoms. The Labute approximate surface area is 103 Å². The summed E-state index contributed by atoms with van der Waals surface area (Å²) in [5.74, 6) is 0. The Morgan fingerprint density at radius 3 is 2.29 bits per heavy atom. The fourth-order valence-electron chi connectivity index (χ4n) is 3.36. The molecule has 3 nitrogen and oxygen atoms in total. The first kappa shape index (κ1) is 11.0. The van der Waals surface area contributed by atoms with E-state index in [1.165, 1.54) is 51.1 Å². The molecular weight excluding hydrogens is 210 g/mol. The molecular formula is C14H21N3. The van der Waals surface area contributed by atoms with E-state index in [9.17, 15) is 0 Å².